The summed E-state index contributed by atoms with van der Waals surface area (Å²) in [7, 11) is 0. The lowest BCUT2D eigenvalue weighted by Crippen LogP contribution is -2.01. The van der Waals surface area contributed by atoms with Crippen LogP contribution >= 0.6 is 11.6 Å². The molecule has 4 aromatic rings. The summed E-state index contributed by atoms with van der Waals surface area (Å²) in [6.45, 7) is -2.86. The molecule has 0 unspecified atom stereocenters. The molecule has 0 saturated carbocycles. The van der Waals surface area contributed by atoms with Gasteiger partial charge in [-0.3, -0.25) is 0 Å². The van der Waals surface area contributed by atoms with Gasteiger partial charge in [0.1, 0.15) is 11.5 Å². The zero-order valence-corrected chi connectivity index (χ0v) is 15.3. The highest BCUT2D eigenvalue weighted by Gasteiger charge is 2.10. The lowest BCUT2D eigenvalue weighted by molar-refractivity contribution is -0.0498. The Morgan fingerprint density at radius 2 is 1.43 bits per heavy atom. The number of hydrogen-bond donors (Lipinski definition) is 1. The van der Waals surface area contributed by atoms with Crippen molar-refractivity contribution < 1.29 is 18.6 Å². The molecule has 0 aromatic heterocycles. The van der Waals surface area contributed by atoms with Gasteiger partial charge in [-0.05, 0) is 81.6 Å². The van der Waals surface area contributed by atoms with E-state index in [1.807, 2.05) is 42.5 Å². The summed E-state index contributed by atoms with van der Waals surface area (Å²) in [6.07, 6.45) is 0. The van der Waals surface area contributed by atoms with Crippen molar-refractivity contribution in [2.75, 3.05) is 0 Å². The van der Waals surface area contributed by atoms with Gasteiger partial charge in [0.2, 0.25) is 0 Å². The van der Waals surface area contributed by atoms with Crippen molar-refractivity contribution >= 4 is 22.4 Å². The molecule has 0 bridgehead atoms. The Morgan fingerprint density at radius 1 is 0.750 bits per heavy atom. The second kappa shape index (κ2) is 7.49. The van der Waals surface area contributed by atoms with E-state index < -0.39 is 6.61 Å². The SMILES string of the molecule is Oc1ccc2c(-c3ccc(OC(F)F)cc3)cc(-c3ccc(Cl)cc3)cc2c1. The predicted molar refractivity (Wildman–Crippen MR) is 108 cm³/mol. The average molecular weight is 397 g/mol. The molecule has 4 aromatic carbocycles. The molecule has 0 amide bonds. The van der Waals surface area contributed by atoms with E-state index in [9.17, 15) is 13.9 Å². The number of benzene rings is 4. The van der Waals surface area contributed by atoms with E-state index in [4.69, 9.17) is 11.6 Å². The molecule has 28 heavy (non-hydrogen) atoms. The zero-order chi connectivity index (χ0) is 19.7. The monoisotopic (exact) mass is 396 g/mol. The van der Waals surface area contributed by atoms with E-state index >= 15 is 0 Å². The summed E-state index contributed by atoms with van der Waals surface area (Å²) in [5, 5.41) is 12.4. The first kappa shape index (κ1) is 18.3. The second-order valence-corrected chi connectivity index (χ2v) is 6.78. The zero-order valence-electron chi connectivity index (χ0n) is 14.6. The Kier molecular flexibility index (Phi) is 4.88. The van der Waals surface area contributed by atoms with Crippen molar-refractivity contribution in [1.29, 1.82) is 0 Å². The van der Waals surface area contributed by atoms with Crippen molar-refractivity contribution in [3.63, 3.8) is 0 Å². The van der Waals surface area contributed by atoms with Crippen LogP contribution in [0.5, 0.6) is 11.5 Å². The largest absolute Gasteiger partial charge is 0.508 e. The summed E-state index contributed by atoms with van der Waals surface area (Å²) in [5.74, 6) is 0.280. The molecule has 140 valence electrons. The minimum absolute atomic E-state index is 0.106. The summed E-state index contributed by atoms with van der Waals surface area (Å²) >= 11 is 5.99. The lowest BCUT2D eigenvalue weighted by Gasteiger charge is -2.12. The Labute approximate surface area is 165 Å². The Hall–Kier alpha value is -3.11. The number of ether oxygens (including phenoxy) is 1. The molecule has 0 aliphatic carbocycles. The standard InChI is InChI=1S/C23H15ClF2O2/c24-18-5-1-14(2-6-18)16-11-17-12-19(27)7-10-21(17)22(13-16)15-3-8-20(9-4-15)28-23(25)26/h1-13,23,27H. The fraction of sp³-hybridized carbons (Fsp3) is 0.0435. The molecule has 0 radical (unpaired) electrons. The fourth-order valence-corrected chi connectivity index (χ4v) is 3.35. The van der Waals surface area contributed by atoms with E-state index in [0.29, 0.717) is 5.02 Å². The van der Waals surface area contributed by atoms with Crippen molar-refractivity contribution in [2.24, 2.45) is 0 Å². The number of phenolic OH excluding ortho intramolecular Hbond substituents is 1. The van der Waals surface area contributed by atoms with Crippen molar-refractivity contribution in [2.45, 2.75) is 6.61 Å². The maximum absolute atomic E-state index is 12.4. The molecule has 0 saturated heterocycles. The first-order valence-electron chi connectivity index (χ1n) is 8.57. The summed E-state index contributed by atoms with van der Waals surface area (Å²) < 4.78 is 29.2. The van der Waals surface area contributed by atoms with E-state index in [-0.39, 0.29) is 11.5 Å². The third-order valence-electron chi connectivity index (χ3n) is 4.50. The highest BCUT2D eigenvalue weighted by molar-refractivity contribution is 6.30. The maximum Gasteiger partial charge on any atom is 0.387 e. The lowest BCUT2D eigenvalue weighted by atomic mass is 9.93. The molecule has 0 heterocycles. The molecular formula is C23H15ClF2O2. The highest BCUT2D eigenvalue weighted by Crippen LogP contribution is 2.36. The molecule has 0 spiro atoms. The number of rotatable bonds is 4. The van der Waals surface area contributed by atoms with Crippen molar-refractivity contribution in [3.8, 4) is 33.8 Å². The third-order valence-corrected chi connectivity index (χ3v) is 4.76. The van der Waals surface area contributed by atoms with Gasteiger partial charge in [-0.15, -0.1) is 0 Å². The number of aromatic hydroxyl groups is 1. The van der Waals surface area contributed by atoms with Crippen LogP contribution in [0.15, 0.2) is 78.9 Å². The maximum atomic E-state index is 12.4. The predicted octanol–water partition coefficient (Wildman–Crippen LogP) is 7.13. The first-order valence-corrected chi connectivity index (χ1v) is 8.95. The van der Waals surface area contributed by atoms with Gasteiger partial charge in [0, 0.05) is 5.02 Å². The summed E-state index contributed by atoms with van der Waals surface area (Å²) in [6, 6.07) is 23.2. The quantitative estimate of drug-likeness (QED) is 0.397. The molecule has 1 N–H and O–H groups in total. The van der Waals surface area contributed by atoms with Gasteiger partial charge in [0.05, 0.1) is 0 Å². The van der Waals surface area contributed by atoms with Gasteiger partial charge in [-0.25, -0.2) is 0 Å². The number of halogens is 3. The molecule has 2 nitrogen and oxygen atoms in total. The molecule has 0 aliphatic rings. The van der Waals surface area contributed by atoms with Crippen LogP contribution in [0.3, 0.4) is 0 Å². The summed E-state index contributed by atoms with van der Waals surface area (Å²) in [4.78, 5) is 0. The number of phenols is 1. The van der Waals surface area contributed by atoms with Crippen LogP contribution in [0.1, 0.15) is 0 Å². The van der Waals surface area contributed by atoms with Crippen molar-refractivity contribution in [1.82, 2.24) is 0 Å². The van der Waals surface area contributed by atoms with Gasteiger partial charge < -0.3 is 9.84 Å². The normalized spacial score (nSPS) is 11.1. The summed E-state index contributed by atoms with van der Waals surface area (Å²) in [5.41, 5.74) is 3.71. The molecular weight excluding hydrogens is 382 g/mol. The van der Waals surface area contributed by atoms with Gasteiger partial charge in [0.25, 0.3) is 0 Å². The average Bonchev–Trinajstić information content (AvgIpc) is 2.67. The smallest absolute Gasteiger partial charge is 0.387 e. The first-order chi connectivity index (χ1) is 13.5. The molecule has 5 heteroatoms. The van der Waals surface area contributed by atoms with Crippen LogP contribution in [-0.2, 0) is 0 Å². The molecule has 0 aliphatic heterocycles. The van der Waals surface area contributed by atoms with Gasteiger partial charge >= 0.3 is 6.61 Å². The van der Waals surface area contributed by atoms with Crippen LogP contribution in [0.25, 0.3) is 33.0 Å². The minimum Gasteiger partial charge on any atom is -0.508 e. The number of fused-ring (bicyclic) bond motifs is 1. The van der Waals surface area contributed by atoms with E-state index in [1.54, 1.807) is 24.3 Å². The van der Waals surface area contributed by atoms with Crippen LogP contribution in [0.4, 0.5) is 8.78 Å². The molecule has 4 rings (SSSR count). The second-order valence-electron chi connectivity index (χ2n) is 6.34. The van der Waals surface area contributed by atoms with E-state index in [2.05, 4.69) is 4.74 Å². The topological polar surface area (TPSA) is 29.5 Å². The van der Waals surface area contributed by atoms with Crippen LogP contribution < -0.4 is 4.74 Å². The Morgan fingerprint density at radius 3 is 2.11 bits per heavy atom. The Balaban J connectivity index is 1.87. The van der Waals surface area contributed by atoms with Crippen LogP contribution in [0.2, 0.25) is 5.02 Å². The number of hydrogen-bond acceptors (Lipinski definition) is 2. The van der Waals surface area contributed by atoms with E-state index in [0.717, 1.165) is 33.0 Å². The van der Waals surface area contributed by atoms with Crippen LogP contribution in [-0.4, -0.2) is 11.7 Å². The number of alkyl halides is 2. The van der Waals surface area contributed by atoms with E-state index in [1.165, 1.54) is 12.1 Å². The molecule has 0 atom stereocenters. The van der Waals surface area contributed by atoms with Gasteiger partial charge in [0.15, 0.2) is 0 Å². The fourth-order valence-electron chi connectivity index (χ4n) is 3.22. The third kappa shape index (κ3) is 3.78. The minimum atomic E-state index is -2.86. The van der Waals surface area contributed by atoms with Crippen molar-refractivity contribution in [3.05, 3.63) is 83.9 Å². The Bertz CT molecular complexity index is 1120. The molecule has 0 fully saturated rings. The van der Waals surface area contributed by atoms with Crippen LogP contribution in [0, 0.1) is 0 Å². The van der Waals surface area contributed by atoms with Gasteiger partial charge in [-0.2, -0.15) is 8.78 Å². The highest BCUT2D eigenvalue weighted by atomic mass is 35.5. The van der Waals surface area contributed by atoms with Gasteiger partial charge in [-0.1, -0.05) is 41.9 Å².